The number of furan rings is 1. The van der Waals surface area contributed by atoms with Crippen LogP contribution >= 0.6 is 0 Å². The van der Waals surface area contributed by atoms with Crippen LogP contribution in [0.15, 0.2) is 57.6 Å². The highest BCUT2D eigenvalue weighted by Gasteiger charge is 2.38. The van der Waals surface area contributed by atoms with Gasteiger partial charge in [-0.25, -0.2) is 18.7 Å². The molecule has 0 saturated carbocycles. The highest BCUT2D eigenvalue weighted by Crippen LogP contribution is 2.34. The van der Waals surface area contributed by atoms with E-state index in [9.17, 15) is 26.7 Å². The van der Waals surface area contributed by atoms with Crippen molar-refractivity contribution in [1.29, 1.82) is 0 Å². The molecule has 1 N–H and O–H groups in total. The van der Waals surface area contributed by atoms with Crippen LogP contribution in [0.2, 0.25) is 0 Å². The summed E-state index contributed by atoms with van der Waals surface area (Å²) < 4.78 is 74.6. The molecule has 1 unspecified atom stereocenters. The number of benzene rings is 1. The van der Waals surface area contributed by atoms with E-state index in [0.29, 0.717) is 22.6 Å². The molecule has 35 heavy (non-hydrogen) atoms. The van der Waals surface area contributed by atoms with Gasteiger partial charge in [0.15, 0.2) is 0 Å². The lowest BCUT2D eigenvalue weighted by Crippen LogP contribution is -2.21. The number of hydrogen-bond donors (Lipinski definition) is 1. The lowest BCUT2D eigenvalue weighted by Gasteiger charge is -2.11. The lowest BCUT2D eigenvalue weighted by molar-refractivity contribution is -0.169. The summed E-state index contributed by atoms with van der Waals surface area (Å²) in [4.78, 5) is 19.5. The Morgan fingerprint density at radius 2 is 1.86 bits per heavy atom. The van der Waals surface area contributed by atoms with Crippen molar-refractivity contribution in [3.63, 3.8) is 0 Å². The second-order valence-electron chi connectivity index (χ2n) is 7.57. The van der Waals surface area contributed by atoms with Crippen LogP contribution in [0.1, 0.15) is 11.3 Å². The van der Waals surface area contributed by atoms with Gasteiger partial charge in [0.05, 0.1) is 17.8 Å². The molecule has 3 heterocycles. The second-order valence-corrected chi connectivity index (χ2v) is 9.25. The summed E-state index contributed by atoms with van der Waals surface area (Å²) in [7, 11) is -1.21. The zero-order chi connectivity index (χ0) is 25.3. The summed E-state index contributed by atoms with van der Waals surface area (Å²) in [5.74, 6) is -2.65. The van der Waals surface area contributed by atoms with Gasteiger partial charge >= 0.3 is 12.1 Å². The van der Waals surface area contributed by atoms with Crippen LogP contribution in [0.4, 0.5) is 33.6 Å². The number of aryl methyl sites for hydroxylation is 1. The van der Waals surface area contributed by atoms with Gasteiger partial charge in [-0.1, -0.05) is 10.7 Å². The van der Waals surface area contributed by atoms with Crippen molar-refractivity contribution in [3.8, 4) is 11.1 Å². The van der Waals surface area contributed by atoms with Gasteiger partial charge in [-0.3, -0.25) is 4.79 Å². The molecule has 0 aliphatic heterocycles. The summed E-state index contributed by atoms with van der Waals surface area (Å²) in [5.41, 5.74) is 1.79. The Kier molecular flexibility index (Phi) is 6.66. The average molecular weight is 508 g/mol. The van der Waals surface area contributed by atoms with Crippen LogP contribution in [0.3, 0.4) is 0 Å². The highest BCUT2D eigenvalue weighted by molar-refractivity contribution is 7.86. The second kappa shape index (κ2) is 9.53. The molecule has 1 atom stereocenters. The van der Waals surface area contributed by atoms with Crippen LogP contribution in [0, 0.1) is 18.6 Å². The van der Waals surface area contributed by atoms with Crippen molar-refractivity contribution in [2.45, 2.75) is 18.9 Å². The number of pyridine rings is 2. The maximum absolute atomic E-state index is 14.6. The number of carbonyl (C=O) groups is 1. The number of nitrogens with zero attached hydrogens (tertiary/aromatic N) is 3. The van der Waals surface area contributed by atoms with Gasteiger partial charge < -0.3 is 9.73 Å². The molecule has 1 amide bonds. The van der Waals surface area contributed by atoms with Crippen molar-refractivity contribution in [2.24, 2.45) is 4.36 Å². The maximum Gasteiger partial charge on any atom is 0.474 e. The fraction of sp³-hybridized carbons (Fsp3) is 0.174. The fourth-order valence-corrected chi connectivity index (χ4v) is 4.54. The van der Waals surface area contributed by atoms with E-state index in [1.807, 2.05) is 0 Å². The molecule has 0 fully saturated rings. The number of aromatic nitrogens is 2. The molecule has 1 aromatic carbocycles. The molecule has 0 saturated heterocycles. The number of alkyl halides is 3. The monoisotopic (exact) mass is 508 g/mol. The first kappa shape index (κ1) is 24.5. The van der Waals surface area contributed by atoms with Gasteiger partial charge in [0.1, 0.15) is 28.9 Å². The van der Waals surface area contributed by atoms with Crippen LogP contribution in [0.25, 0.3) is 22.1 Å². The zero-order valence-corrected chi connectivity index (χ0v) is 19.1. The summed E-state index contributed by atoms with van der Waals surface area (Å²) in [5, 5.41) is 3.16. The summed E-state index contributed by atoms with van der Waals surface area (Å²) in [6.45, 7) is 1.69. The minimum Gasteiger partial charge on any atom is -0.464 e. The third-order valence-corrected chi connectivity index (χ3v) is 6.06. The van der Waals surface area contributed by atoms with E-state index in [2.05, 4.69) is 19.6 Å². The Morgan fingerprint density at radius 3 is 2.60 bits per heavy atom. The van der Waals surface area contributed by atoms with E-state index < -0.39 is 34.4 Å². The number of fused-ring (bicyclic) bond motifs is 1. The van der Waals surface area contributed by atoms with Gasteiger partial charge in [-0.15, -0.1) is 0 Å². The maximum atomic E-state index is 14.6. The Balaban J connectivity index is 1.62. The number of anilines is 2. The number of amides is 1. The SMILES string of the molecule is Cc1cc(CS(C)=NC(=O)C(F)(F)F)cc(Nc2cc(-c3ccc(F)c4ccoc34)c(F)cn2)n1. The number of halogens is 5. The molecule has 0 aliphatic carbocycles. The number of hydrogen-bond acceptors (Lipinski definition) is 5. The van der Waals surface area contributed by atoms with E-state index in [1.54, 1.807) is 19.1 Å². The Bertz CT molecular complexity index is 1470. The van der Waals surface area contributed by atoms with E-state index >= 15 is 0 Å². The molecule has 0 aliphatic rings. The smallest absolute Gasteiger partial charge is 0.464 e. The van der Waals surface area contributed by atoms with Crippen LogP contribution in [-0.2, 0) is 21.2 Å². The van der Waals surface area contributed by atoms with Gasteiger partial charge in [-0.2, -0.15) is 17.5 Å². The van der Waals surface area contributed by atoms with E-state index in [0.717, 1.165) is 6.20 Å². The zero-order valence-electron chi connectivity index (χ0n) is 18.3. The first-order chi connectivity index (χ1) is 16.5. The molecule has 182 valence electrons. The third kappa shape index (κ3) is 5.53. The Labute approximate surface area is 198 Å². The van der Waals surface area contributed by atoms with Gasteiger partial charge in [0.2, 0.25) is 0 Å². The fourth-order valence-electron chi connectivity index (χ4n) is 3.44. The summed E-state index contributed by atoms with van der Waals surface area (Å²) in [6, 6.07) is 8.72. The number of carbonyl (C=O) groups excluding carboxylic acids is 1. The number of nitrogens with one attached hydrogen (secondary N) is 1. The van der Waals surface area contributed by atoms with Gasteiger partial charge in [0, 0.05) is 22.6 Å². The molecular formula is C23H17F5N4O2S. The average Bonchev–Trinajstić information content (AvgIpc) is 3.25. The summed E-state index contributed by atoms with van der Waals surface area (Å²) >= 11 is 0. The minimum atomic E-state index is -5.01. The molecule has 4 rings (SSSR count). The normalized spacial score (nSPS) is 12.8. The number of rotatable bonds is 5. The largest absolute Gasteiger partial charge is 0.474 e. The van der Waals surface area contributed by atoms with Crippen molar-refractivity contribution in [1.82, 2.24) is 9.97 Å². The Hall–Kier alpha value is -3.67. The molecule has 12 heteroatoms. The van der Waals surface area contributed by atoms with Gasteiger partial charge in [-0.05, 0) is 55.1 Å². The van der Waals surface area contributed by atoms with Crippen molar-refractivity contribution >= 4 is 39.2 Å². The molecule has 0 spiro atoms. The molecule has 3 aromatic heterocycles. The van der Waals surface area contributed by atoms with Crippen LogP contribution in [-0.4, -0.2) is 28.3 Å². The molecule has 4 aromatic rings. The van der Waals surface area contributed by atoms with Crippen molar-refractivity contribution < 1.29 is 31.2 Å². The van der Waals surface area contributed by atoms with Crippen LogP contribution in [0.5, 0.6) is 0 Å². The Morgan fingerprint density at radius 1 is 1.09 bits per heavy atom. The molecule has 0 radical (unpaired) electrons. The van der Waals surface area contributed by atoms with E-state index in [1.165, 1.54) is 36.8 Å². The standard InChI is InChI=1S/C23H17F5N4O2S/c1-12-7-13(11-35(2)32-22(33)23(26,27)28)8-20(30-12)31-19-9-16(18(25)10-29-19)14-3-4-17(24)15-5-6-34-21(14)15/h3-10H,11H2,1-2H3,(H,29,30,31). The van der Waals surface area contributed by atoms with Crippen LogP contribution < -0.4 is 5.32 Å². The van der Waals surface area contributed by atoms with E-state index in [4.69, 9.17) is 4.42 Å². The first-order valence-corrected chi connectivity index (χ1v) is 11.8. The molecule has 6 nitrogen and oxygen atoms in total. The summed E-state index contributed by atoms with van der Waals surface area (Å²) in [6.07, 6.45) is -1.28. The molecule has 0 bridgehead atoms. The topological polar surface area (TPSA) is 80.4 Å². The molecular weight excluding hydrogens is 491 g/mol. The lowest BCUT2D eigenvalue weighted by atomic mass is 10.0. The quantitative estimate of drug-likeness (QED) is 0.323. The minimum absolute atomic E-state index is 0.0913. The highest BCUT2D eigenvalue weighted by atomic mass is 32.2. The third-order valence-electron chi connectivity index (χ3n) is 4.84. The predicted molar refractivity (Wildman–Crippen MR) is 122 cm³/mol. The van der Waals surface area contributed by atoms with Gasteiger partial charge in [0.25, 0.3) is 0 Å². The van der Waals surface area contributed by atoms with E-state index in [-0.39, 0.29) is 28.1 Å². The predicted octanol–water partition coefficient (Wildman–Crippen LogP) is 6.24. The first-order valence-electron chi connectivity index (χ1n) is 10.0. The van der Waals surface area contributed by atoms with Crippen molar-refractivity contribution in [3.05, 3.63) is 71.8 Å². The van der Waals surface area contributed by atoms with Crippen molar-refractivity contribution in [2.75, 3.05) is 11.6 Å².